The molecule has 2 N–H and O–H groups in total. The van der Waals surface area contributed by atoms with Gasteiger partial charge in [-0.15, -0.1) is 0 Å². The zero-order chi connectivity index (χ0) is 16.4. The highest BCUT2D eigenvalue weighted by Crippen LogP contribution is 2.09. The fraction of sp³-hybridized carbons (Fsp3) is 0.214. The first-order chi connectivity index (χ1) is 10.3. The summed E-state index contributed by atoms with van der Waals surface area (Å²) in [5, 5.41) is 9.19. The van der Waals surface area contributed by atoms with E-state index in [0.29, 0.717) is 5.69 Å². The lowest BCUT2D eigenvalue weighted by atomic mass is 10.2. The van der Waals surface area contributed by atoms with Crippen LogP contribution in [0.25, 0.3) is 5.69 Å². The van der Waals surface area contributed by atoms with Gasteiger partial charge in [-0.25, -0.2) is 14.2 Å². The number of aromatic carboxylic acids is 1. The Morgan fingerprint density at radius 1 is 1.27 bits per heavy atom. The molecule has 8 heteroatoms. The van der Waals surface area contributed by atoms with Crippen LogP contribution in [-0.2, 0) is 6.54 Å². The number of aromatic amines is 1. The first-order valence-electron chi connectivity index (χ1n) is 6.33. The maximum absolute atomic E-state index is 12.6. The number of nitrogens with one attached hydrogen (secondary N) is 1. The van der Waals surface area contributed by atoms with Crippen LogP contribution in [0.1, 0.15) is 16.1 Å². The smallest absolute Gasteiger partial charge is 0.352 e. The van der Waals surface area contributed by atoms with E-state index in [0.717, 1.165) is 8.14 Å². The van der Waals surface area contributed by atoms with E-state index in [1.54, 1.807) is 43.3 Å². The molecule has 0 fully saturated rings. The van der Waals surface area contributed by atoms with Gasteiger partial charge in [-0.3, -0.25) is 4.79 Å². The van der Waals surface area contributed by atoms with Gasteiger partial charge in [0.2, 0.25) is 0 Å². The van der Waals surface area contributed by atoms with Crippen molar-refractivity contribution in [2.45, 2.75) is 6.54 Å². The molecule has 0 unspecified atom stereocenters. The minimum absolute atomic E-state index is 0.0376. The van der Waals surface area contributed by atoms with Gasteiger partial charge in [0, 0.05) is 10.1 Å². The molecule has 7 nitrogen and oxygen atoms in total. The Morgan fingerprint density at radius 2 is 1.86 bits per heavy atom. The highest BCUT2D eigenvalue weighted by atomic mass is 127. The monoisotopic (exact) mass is 415 g/mol. The molecule has 1 heterocycles. The van der Waals surface area contributed by atoms with E-state index in [9.17, 15) is 19.5 Å². The fourth-order valence-corrected chi connectivity index (χ4v) is 2.40. The highest BCUT2D eigenvalue weighted by molar-refractivity contribution is 14.1. The van der Waals surface area contributed by atoms with Gasteiger partial charge in [0.1, 0.15) is 5.69 Å². The molecule has 0 saturated carbocycles. The first-order valence-corrected chi connectivity index (χ1v) is 7.41. The Balaban J connectivity index is 2.76. The molecular formula is C14H14IN3O4. The Kier molecular flexibility index (Phi) is 4.81. The van der Waals surface area contributed by atoms with Gasteiger partial charge in [-0.05, 0) is 61.0 Å². The topological polar surface area (TPSA) is 95.4 Å². The molecule has 0 bridgehead atoms. The van der Waals surface area contributed by atoms with Crippen molar-refractivity contribution < 1.29 is 9.90 Å². The van der Waals surface area contributed by atoms with Crippen LogP contribution < -0.4 is 11.2 Å². The largest absolute Gasteiger partial charge is 0.477 e. The molecule has 22 heavy (non-hydrogen) atoms. The number of carboxylic acid groups (broad SMARTS) is 1. The fourth-order valence-electron chi connectivity index (χ4n) is 2.04. The summed E-state index contributed by atoms with van der Waals surface area (Å²) in [6.45, 7) is 0.113. The van der Waals surface area contributed by atoms with E-state index in [2.05, 4.69) is 27.6 Å². The number of halogens is 1. The third kappa shape index (κ3) is 3.28. The molecule has 2 aromatic rings. The van der Waals surface area contributed by atoms with Crippen LogP contribution >= 0.6 is 22.6 Å². The Bertz CT molecular complexity index is 821. The Morgan fingerprint density at radius 3 is 2.36 bits per heavy atom. The van der Waals surface area contributed by atoms with Crippen molar-refractivity contribution in [2.24, 2.45) is 0 Å². The van der Waals surface area contributed by atoms with Gasteiger partial charge in [-0.2, -0.15) is 0 Å². The molecule has 2 rings (SSSR count). The van der Waals surface area contributed by atoms with E-state index < -0.39 is 17.2 Å². The molecule has 0 spiro atoms. The molecule has 0 saturated heterocycles. The highest BCUT2D eigenvalue weighted by Gasteiger charge is 2.20. The second-order valence-corrected chi connectivity index (χ2v) is 6.19. The molecule has 0 atom stereocenters. The lowest BCUT2D eigenvalue weighted by molar-refractivity contribution is 0.0687. The van der Waals surface area contributed by atoms with Crippen LogP contribution in [0.2, 0.25) is 0 Å². The van der Waals surface area contributed by atoms with Gasteiger partial charge in [0.05, 0.1) is 11.3 Å². The van der Waals surface area contributed by atoms with Crippen LogP contribution in [0.3, 0.4) is 0 Å². The molecule has 0 aliphatic rings. The summed E-state index contributed by atoms with van der Waals surface area (Å²) < 4.78 is 1.91. The normalized spacial score (nSPS) is 10.9. The standard InChI is InChI=1S/C14H14IN3O4/c1-17(2)7-10-11(13(20)21)16-14(22)18(12(10)19)9-5-3-8(15)4-6-9/h3-6H,7H2,1-2H3,(H,16,22)(H,20,21). The minimum Gasteiger partial charge on any atom is -0.477 e. The van der Waals surface area contributed by atoms with Gasteiger partial charge < -0.3 is 15.0 Å². The number of hydrogen-bond acceptors (Lipinski definition) is 4. The van der Waals surface area contributed by atoms with E-state index in [1.807, 2.05) is 0 Å². The summed E-state index contributed by atoms with van der Waals surface area (Å²) in [5.74, 6) is -1.33. The number of nitrogens with zero attached hydrogens (tertiary/aromatic N) is 2. The van der Waals surface area contributed by atoms with Gasteiger partial charge >= 0.3 is 11.7 Å². The van der Waals surface area contributed by atoms with Crippen molar-refractivity contribution in [3.05, 3.63) is 59.9 Å². The Hall–Kier alpha value is -1.94. The first kappa shape index (κ1) is 16.4. The SMILES string of the molecule is CN(C)Cc1c(C(=O)O)[nH]c(=O)n(-c2ccc(I)cc2)c1=O. The molecule has 0 radical (unpaired) electrons. The second-order valence-electron chi connectivity index (χ2n) is 4.94. The number of carbonyl (C=O) groups is 1. The predicted octanol–water partition coefficient (Wildman–Crippen LogP) is 0.890. The number of benzene rings is 1. The summed E-state index contributed by atoms with van der Waals surface area (Å²) in [6.07, 6.45) is 0. The van der Waals surface area contributed by atoms with Crippen molar-refractivity contribution in [3.63, 3.8) is 0 Å². The Labute approximate surface area is 139 Å². The van der Waals surface area contributed by atoms with Crippen LogP contribution in [-0.4, -0.2) is 39.6 Å². The van der Waals surface area contributed by atoms with Gasteiger partial charge in [0.15, 0.2) is 0 Å². The zero-order valence-electron chi connectivity index (χ0n) is 12.0. The summed E-state index contributed by atoms with van der Waals surface area (Å²) in [6, 6.07) is 6.80. The van der Waals surface area contributed by atoms with Crippen molar-refractivity contribution in [3.8, 4) is 5.69 Å². The number of rotatable bonds is 4. The predicted molar refractivity (Wildman–Crippen MR) is 89.7 cm³/mol. The summed E-state index contributed by atoms with van der Waals surface area (Å²) in [4.78, 5) is 39.9. The van der Waals surface area contributed by atoms with E-state index in [-0.39, 0.29) is 17.8 Å². The van der Waals surface area contributed by atoms with Crippen molar-refractivity contribution in [2.75, 3.05) is 14.1 Å². The molecule has 116 valence electrons. The van der Waals surface area contributed by atoms with Gasteiger partial charge in [-0.1, -0.05) is 0 Å². The van der Waals surface area contributed by atoms with Crippen LogP contribution in [0.4, 0.5) is 0 Å². The average Bonchev–Trinajstić information content (AvgIpc) is 2.43. The summed E-state index contributed by atoms with van der Waals surface area (Å²) in [5.41, 5.74) is -1.34. The maximum Gasteiger partial charge on any atom is 0.352 e. The molecule has 0 amide bonds. The van der Waals surface area contributed by atoms with Crippen LogP contribution in [0.5, 0.6) is 0 Å². The van der Waals surface area contributed by atoms with Crippen molar-refractivity contribution >= 4 is 28.6 Å². The molecule has 1 aromatic heterocycles. The van der Waals surface area contributed by atoms with E-state index >= 15 is 0 Å². The second kappa shape index (κ2) is 6.44. The number of carboxylic acids is 1. The zero-order valence-corrected chi connectivity index (χ0v) is 14.1. The third-order valence-electron chi connectivity index (χ3n) is 2.97. The minimum atomic E-state index is -1.33. The molecular weight excluding hydrogens is 401 g/mol. The summed E-state index contributed by atoms with van der Waals surface area (Å²) >= 11 is 2.11. The van der Waals surface area contributed by atoms with Crippen LogP contribution in [0, 0.1) is 3.57 Å². The number of hydrogen-bond donors (Lipinski definition) is 2. The van der Waals surface area contributed by atoms with E-state index in [1.165, 1.54) is 0 Å². The van der Waals surface area contributed by atoms with E-state index in [4.69, 9.17) is 0 Å². The molecule has 0 aliphatic carbocycles. The van der Waals surface area contributed by atoms with Gasteiger partial charge in [0.25, 0.3) is 5.56 Å². The van der Waals surface area contributed by atoms with Crippen molar-refractivity contribution in [1.82, 2.24) is 14.5 Å². The quantitative estimate of drug-likeness (QED) is 0.724. The number of H-pyrrole nitrogens is 1. The lowest BCUT2D eigenvalue weighted by Gasteiger charge is -2.13. The van der Waals surface area contributed by atoms with Crippen LogP contribution in [0.15, 0.2) is 33.9 Å². The summed E-state index contributed by atoms with van der Waals surface area (Å²) in [7, 11) is 3.43. The lowest BCUT2D eigenvalue weighted by Crippen LogP contribution is -2.39. The molecule has 0 aliphatic heterocycles. The maximum atomic E-state index is 12.6. The number of aromatic nitrogens is 2. The molecule has 1 aromatic carbocycles. The average molecular weight is 415 g/mol. The third-order valence-corrected chi connectivity index (χ3v) is 3.69. The van der Waals surface area contributed by atoms with Crippen molar-refractivity contribution in [1.29, 1.82) is 0 Å².